The predicted octanol–water partition coefficient (Wildman–Crippen LogP) is 3.00. The van der Waals surface area contributed by atoms with Crippen LogP contribution in [0, 0.1) is 5.41 Å². The molecule has 0 saturated carbocycles. The van der Waals surface area contributed by atoms with E-state index in [0.717, 1.165) is 32.1 Å². The minimum absolute atomic E-state index is 0.220. The highest BCUT2D eigenvalue weighted by atomic mass is 16.5. The Labute approximate surface area is 103 Å². The lowest BCUT2D eigenvalue weighted by Crippen LogP contribution is -2.38. The molecule has 1 unspecified atom stereocenters. The molecule has 0 aliphatic heterocycles. The lowest BCUT2D eigenvalue weighted by atomic mass is 9.84. The van der Waals surface area contributed by atoms with Crippen LogP contribution in [0.15, 0.2) is 0 Å². The molecule has 0 aliphatic carbocycles. The number of carbonyl (C=O) groups excluding carboxylic acids is 1. The molecule has 17 heavy (non-hydrogen) atoms. The van der Waals surface area contributed by atoms with Crippen LogP contribution in [0.1, 0.15) is 59.3 Å². The van der Waals surface area contributed by atoms with Crippen molar-refractivity contribution < 1.29 is 19.4 Å². The van der Waals surface area contributed by atoms with Gasteiger partial charge in [0.05, 0.1) is 6.61 Å². The number of aliphatic carboxylic acids is 1. The molecule has 0 amide bonds. The molecule has 1 atom stereocenters. The van der Waals surface area contributed by atoms with Crippen molar-refractivity contribution in [3.05, 3.63) is 0 Å². The molecule has 0 bridgehead atoms. The highest BCUT2D eigenvalue weighted by Gasteiger charge is 2.42. The van der Waals surface area contributed by atoms with Crippen LogP contribution in [0.3, 0.4) is 0 Å². The topological polar surface area (TPSA) is 63.6 Å². The molecule has 100 valence electrons. The summed E-state index contributed by atoms with van der Waals surface area (Å²) < 4.78 is 4.83. The zero-order valence-electron chi connectivity index (χ0n) is 11.1. The summed E-state index contributed by atoms with van der Waals surface area (Å²) >= 11 is 0. The highest BCUT2D eigenvalue weighted by Crippen LogP contribution is 2.27. The van der Waals surface area contributed by atoms with E-state index in [1.54, 1.807) is 6.92 Å². The summed E-state index contributed by atoms with van der Waals surface area (Å²) in [6, 6.07) is 0. The first-order chi connectivity index (χ1) is 7.99. The summed E-state index contributed by atoms with van der Waals surface area (Å²) in [6.45, 7) is 5.48. The van der Waals surface area contributed by atoms with Crippen molar-refractivity contribution >= 4 is 11.9 Å². The van der Waals surface area contributed by atoms with Gasteiger partial charge in [-0.25, -0.2) is 0 Å². The van der Waals surface area contributed by atoms with E-state index in [9.17, 15) is 9.59 Å². The van der Waals surface area contributed by atoms with E-state index in [0.29, 0.717) is 6.42 Å². The van der Waals surface area contributed by atoms with Gasteiger partial charge in [-0.2, -0.15) is 0 Å². The van der Waals surface area contributed by atoms with Crippen molar-refractivity contribution in [2.75, 3.05) is 6.61 Å². The Balaban J connectivity index is 4.22. The Kier molecular flexibility index (Phi) is 7.59. The molecule has 0 fully saturated rings. The normalized spacial score (nSPS) is 14.1. The Bertz CT molecular complexity index is 250. The van der Waals surface area contributed by atoms with E-state index >= 15 is 0 Å². The number of carboxylic acids is 1. The van der Waals surface area contributed by atoms with Crippen LogP contribution in [0.5, 0.6) is 0 Å². The van der Waals surface area contributed by atoms with Crippen molar-refractivity contribution in [1.29, 1.82) is 0 Å². The Morgan fingerprint density at radius 2 is 1.71 bits per heavy atom. The molecular weight excluding hydrogens is 220 g/mol. The minimum atomic E-state index is -1.39. The zero-order valence-corrected chi connectivity index (χ0v) is 11.1. The van der Waals surface area contributed by atoms with Crippen LogP contribution in [0.2, 0.25) is 0 Å². The second-order valence-corrected chi connectivity index (χ2v) is 4.52. The van der Waals surface area contributed by atoms with Gasteiger partial charge in [0.15, 0.2) is 5.41 Å². The third-order valence-electron chi connectivity index (χ3n) is 2.98. The summed E-state index contributed by atoms with van der Waals surface area (Å²) in [5.41, 5.74) is -1.39. The van der Waals surface area contributed by atoms with E-state index in [-0.39, 0.29) is 6.61 Å². The standard InChI is InChI=1S/C13H24O4/c1-4-6-7-8-9-10-13(3,11(14)15)12(16)17-5-2/h4-10H2,1-3H3,(H,14,15). The first-order valence-corrected chi connectivity index (χ1v) is 6.39. The monoisotopic (exact) mass is 244 g/mol. The SMILES string of the molecule is CCCCCCCC(C)(C(=O)O)C(=O)OCC. The van der Waals surface area contributed by atoms with Crippen LogP contribution in [-0.2, 0) is 14.3 Å². The number of ether oxygens (including phenoxy) is 1. The van der Waals surface area contributed by atoms with Crippen LogP contribution < -0.4 is 0 Å². The average molecular weight is 244 g/mol. The van der Waals surface area contributed by atoms with Gasteiger partial charge in [-0.05, 0) is 20.3 Å². The summed E-state index contributed by atoms with van der Waals surface area (Å²) in [5, 5.41) is 9.13. The summed E-state index contributed by atoms with van der Waals surface area (Å²) in [7, 11) is 0. The molecule has 0 aromatic rings. The third kappa shape index (κ3) is 5.20. The van der Waals surface area contributed by atoms with Gasteiger partial charge in [0, 0.05) is 0 Å². The van der Waals surface area contributed by atoms with Crippen molar-refractivity contribution in [1.82, 2.24) is 0 Å². The third-order valence-corrected chi connectivity index (χ3v) is 2.98. The number of esters is 1. The molecule has 4 heteroatoms. The Morgan fingerprint density at radius 3 is 2.18 bits per heavy atom. The summed E-state index contributed by atoms with van der Waals surface area (Å²) in [6.07, 6.45) is 5.47. The zero-order chi connectivity index (χ0) is 13.3. The fourth-order valence-electron chi connectivity index (χ4n) is 1.67. The molecule has 0 aromatic carbocycles. The average Bonchev–Trinajstić information content (AvgIpc) is 2.28. The second-order valence-electron chi connectivity index (χ2n) is 4.52. The molecule has 0 spiro atoms. The van der Waals surface area contributed by atoms with E-state index in [4.69, 9.17) is 9.84 Å². The van der Waals surface area contributed by atoms with Gasteiger partial charge in [0.2, 0.25) is 0 Å². The van der Waals surface area contributed by atoms with Crippen LogP contribution in [0.4, 0.5) is 0 Å². The van der Waals surface area contributed by atoms with Crippen molar-refractivity contribution in [2.45, 2.75) is 59.3 Å². The maximum Gasteiger partial charge on any atom is 0.323 e. The smallest absolute Gasteiger partial charge is 0.323 e. The minimum Gasteiger partial charge on any atom is -0.480 e. The molecule has 1 N–H and O–H groups in total. The summed E-state index contributed by atoms with van der Waals surface area (Å²) in [5.74, 6) is -1.71. The molecule has 0 rings (SSSR count). The molecule has 0 saturated heterocycles. The van der Waals surface area contributed by atoms with Gasteiger partial charge in [0.25, 0.3) is 0 Å². The van der Waals surface area contributed by atoms with E-state index in [2.05, 4.69) is 6.92 Å². The fraction of sp³-hybridized carbons (Fsp3) is 0.846. The van der Waals surface area contributed by atoms with Gasteiger partial charge in [-0.15, -0.1) is 0 Å². The second kappa shape index (κ2) is 8.09. The maximum atomic E-state index is 11.6. The quantitative estimate of drug-likeness (QED) is 0.385. The summed E-state index contributed by atoms with van der Waals surface area (Å²) in [4.78, 5) is 22.8. The number of unbranched alkanes of at least 4 members (excludes halogenated alkanes) is 4. The van der Waals surface area contributed by atoms with Crippen molar-refractivity contribution in [2.24, 2.45) is 5.41 Å². The van der Waals surface area contributed by atoms with E-state index < -0.39 is 17.4 Å². The Morgan fingerprint density at radius 1 is 1.12 bits per heavy atom. The Hall–Kier alpha value is -1.06. The van der Waals surface area contributed by atoms with Gasteiger partial charge in [0.1, 0.15) is 0 Å². The number of hydrogen-bond acceptors (Lipinski definition) is 3. The van der Waals surface area contributed by atoms with Gasteiger partial charge in [-0.3, -0.25) is 9.59 Å². The van der Waals surface area contributed by atoms with E-state index in [1.165, 1.54) is 6.92 Å². The lowest BCUT2D eigenvalue weighted by Gasteiger charge is -2.22. The fourth-order valence-corrected chi connectivity index (χ4v) is 1.67. The van der Waals surface area contributed by atoms with Crippen LogP contribution in [0.25, 0.3) is 0 Å². The number of carboxylic acid groups (broad SMARTS) is 1. The van der Waals surface area contributed by atoms with Crippen LogP contribution in [-0.4, -0.2) is 23.7 Å². The predicted molar refractivity (Wildman–Crippen MR) is 65.8 cm³/mol. The van der Waals surface area contributed by atoms with Gasteiger partial charge < -0.3 is 9.84 Å². The first kappa shape index (κ1) is 15.9. The molecular formula is C13H24O4. The molecule has 4 nitrogen and oxygen atoms in total. The van der Waals surface area contributed by atoms with Gasteiger partial charge >= 0.3 is 11.9 Å². The van der Waals surface area contributed by atoms with E-state index in [1.807, 2.05) is 0 Å². The lowest BCUT2D eigenvalue weighted by molar-refractivity contribution is -0.167. The highest BCUT2D eigenvalue weighted by molar-refractivity contribution is 5.98. The molecule has 0 radical (unpaired) electrons. The first-order valence-electron chi connectivity index (χ1n) is 6.39. The number of carbonyl (C=O) groups is 2. The van der Waals surface area contributed by atoms with Crippen LogP contribution >= 0.6 is 0 Å². The molecule has 0 heterocycles. The maximum absolute atomic E-state index is 11.6. The largest absolute Gasteiger partial charge is 0.480 e. The van der Waals surface area contributed by atoms with Crippen molar-refractivity contribution in [3.8, 4) is 0 Å². The van der Waals surface area contributed by atoms with Gasteiger partial charge in [-0.1, -0.05) is 39.0 Å². The number of hydrogen-bond donors (Lipinski definition) is 1. The number of rotatable bonds is 9. The van der Waals surface area contributed by atoms with Crippen molar-refractivity contribution in [3.63, 3.8) is 0 Å². The molecule has 0 aromatic heterocycles. The molecule has 0 aliphatic rings.